The Bertz CT molecular complexity index is 1360. The summed E-state index contributed by atoms with van der Waals surface area (Å²) >= 11 is 0. The summed E-state index contributed by atoms with van der Waals surface area (Å²) in [5.74, 6) is -2.26. The molecule has 0 unspecified atom stereocenters. The van der Waals surface area contributed by atoms with Crippen molar-refractivity contribution in [2.75, 3.05) is 19.8 Å². The molecule has 4 rings (SSSR count). The van der Waals surface area contributed by atoms with Crippen LogP contribution in [-0.4, -0.2) is 53.6 Å². The smallest absolute Gasteiger partial charge is 0.309 e. The van der Waals surface area contributed by atoms with Gasteiger partial charge in [0.25, 0.3) is 0 Å². The van der Waals surface area contributed by atoms with E-state index in [1.165, 1.54) is 12.1 Å². The van der Waals surface area contributed by atoms with Crippen LogP contribution in [0, 0.1) is 17.7 Å². The SMILES string of the molecule is O=C1N[C@H](Cc2ccccc2)COC(=O)[C@@H](Cc2ccc(F)cc2)CC/C=C/C[C@H]1CC(=O)N(CCO)Cc1ccccc1. The Labute approximate surface area is 258 Å². The van der Waals surface area contributed by atoms with E-state index in [-0.39, 0.29) is 49.8 Å². The lowest BCUT2D eigenvalue weighted by molar-refractivity contribution is -0.150. The van der Waals surface area contributed by atoms with Crippen molar-refractivity contribution in [3.8, 4) is 0 Å². The number of allylic oxidation sites excluding steroid dienone is 2. The number of ether oxygens (including phenoxy) is 1. The Balaban J connectivity index is 1.52. The first-order chi connectivity index (χ1) is 21.4. The summed E-state index contributed by atoms with van der Waals surface area (Å²) in [5, 5.41) is 12.7. The van der Waals surface area contributed by atoms with Gasteiger partial charge in [-0.05, 0) is 60.9 Å². The van der Waals surface area contributed by atoms with Crippen LogP contribution >= 0.6 is 0 Å². The predicted molar refractivity (Wildman–Crippen MR) is 167 cm³/mol. The summed E-state index contributed by atoms with van der Waals surface area (Å²) in [4.78, 5) is 42.0. The van der Waals surface area contributed by atoms with Gasteiger partial charge < -0.3 is 20.1 Å². The summed E-state index contributed by atoms with van der Waals surface area (Å²) in [7, 11) is 0. The number of carbonyl (C=O) groups is 3. The van der Waals surface area contributed by atoms with Crippen LogP contribution in [0.3, 0.4) is 0 Å². The molecule has 0 spiro atoms. The van der Waals surface area contributed by atoms with Crippen LogP contribution in [0.25, 0.3) is 0 Å². The van der Waals surface area contributed by atoms with Crippen LogP contribution in [0.2, 0.25) is 0 Å². The van der Waals surface area contributed by atoms with Crippen LogP contribution < -0.4 is 5.32 Å². The van der Waals surface area contributed by atoms with E-state index in [9.17, 15) is 23.9 Å². The van der Waals surface area contributed by atoms with E-state index >= 15 is 0 Å². The molecule has 8 heteroatoms. The Morgan fingerprint density at radius 1 is 0.864 bits per heavy atom. The number of cyclic esters (lactones) is 1. The zero-order chi connectivity index (χ0) is 31.1. The number of amides is 2. The number of hydrogen-bond donors (Lipinski definition) is 2. The van der Waals surface area contributed by atoms with Crippen LogP contribution in [0.5, 0.6) is 0 Å². The van der Waals surface area contributed by atoms with Gasteiger partial charge in [-0.2, -0.15) is 0 Å². The second kappa shape index (κ2) is 17.1. The van der Waals surface area contributed by atoms with E-state index in [1.54, 1.807) is 17.0 Å². The number of nitrogens with one attached hydrogen (secondary N) is 1. The monoisotopic (exact) mass is 600 g/mol. The van der Waals surface area contributed by atoms with Crippen molar-refractivity contribution >= 4 is 17.8 Å². The van der Waals surface area contributed by atoms with Gasteiger partial charge in [-0.3, -0.25) is 14.4 Å². The molecule has 0 aromatic heterocycles. The molecule has 0 radical (unpaired) electrons. The molecular formula is C36H41FN2O5. The number of hydrogen-bond acceptors (Lipinski definition) is 5. The maximum atomic E-state index is 13.7. The van der Waals surface area contributed by atoms with Crippen molar-refractivity contribution in [2.45, 2.75) is 51.1 Å². The van der Waals surface area contributed by atoms with Crippen molar-refractivity contribution in [2.24, 2.45) is 11.8 Å². The van der Waals surface area contributed by atoms with E-state index < -0.39 is 17.9 Å². The maximum Gasteiger partial charge on any atom is 0.309 e. The number of esters is 1. The minimum absolute atomic E-state index is 0.0157. The Morgan fingerprint density at radius 2 is 1.52 bits per heavy atom. The first-order valence-electron chi connectivity index (χ1n) is 15.2. The van der Waals surface area contributed by atoms with E-state index in [4.69, 9.17) is 4.74 Å². The molecule has 232 valence electrons. The topological polar surface area (TPSA) is 95.9 Å². The summed E-state index contributed by atoms with van der Waals surface area (Å²) < 4.78 is 19.3. The number of carbonyl (C=O) groups excluding carboxylic acids is 3. The largest absolute Gasteiger partial charge is 0.463 e. The summed E-state index contributed by atoms with van der Waals surface area (Å²) in [6.07, 6.45) is 6.15. The highest BCUT2D eigenvalue weighted by Crippen LogP contribution is 2.20. The van der Waals surface area contributed by atoms with Crippen LogP contribution in [0.1, 0.15) is 42.4 Å². The Kier molecular flexibility index (Phi) is 12.7. The number of aliphatic hydroxyl groups is 1. The normalized spacial score (nSPS) is 20.3. The highest BCUT2D eigenvalue weighted by Gasteiger charge is 2.28. The lowest BCUT2D eigenvalue weighted by Gasteiger charge is -2.26. The lowest BCUT2D eigenvalue weighted by Crippen LogP contribution is -2.45. The van der Waals surface area contributed by atoms with Gasteiger partial charge in [-0.25, -0.2) is 4.39 Å². The minimum atomic E-state index is -0.638. The molecular weight excluding hydrogens is 559 g/mol. The quantitative estimate of drug-likeness (QED) is 0.252. The fourth-order valence-corrected chi connectivity index (χ4v) is 5.39. The van der Waals surface area contributed by atoms with Crippen molar-refractivity contribution in [3.63, 3.8) is 0 Å². The molecule has 2 amide bonds. The molecule has 3 atom stereocenters. The number of rotatable bonds is 10. The standard InChI is InChI=1S/C36H41FN2O5/c37-32-18-16-28(17-19-32)22-31-15-9-3-8-14-30(24-34(41)39(20-21-40)25-29-12-6-2-7-13-29)35(42)38-33(26-44-36(31)43)23-27-10-4-1-5-11-27/h1-8,10-13,16-19,30-31,33,40H,9,14-15,20-26H2,(H,38,42)/b8-3+/t30-,31+,33+/m0/s1. The van der Waals surface area contributed by atoms with Gasteiger partial charge in [0.1, 0.15) is 12.4 Å². The third-order valence-corrected chi connectivity index (χ3v) is 7.83. The number of benzene rings is 3. The van der Waals surface area contributed by atoms with Crippen molar-refractivity contribution in [1.29, 1.82) is 0 Å². The predicted octanol–water partition coefficient (Wildman–Crippen LogP) is 5.02. The molecule has 7 nitrogen and oxygen atoms in total. The molecule has 0 aliphatic carbocycles. The van der Waals surface area contributed by atoms with E-state index in [0.29, 0.717) is 38.6 Å². The molecule has 3 aromatic carbocycles. The molecule has 44 heavy (non-hydrogen) atoms. The third kappa shape index (κ3) is 10.5. The highest BCUT2D eigenvalue weighted by atomic mass is 19.1. The second-order valence-electron chi connectivity index (χ2n) is 11.3. The van der Waals surface area contributed by atoms with Gasteiger partial charge >= 0.3 is 5.97 Å². The van der Waals surface area contributed by atoms with Crippen LogP contribution in [-0.2, 0) is 38.5 Å². The molecule has 3 aromatic rings. The van der Waals surface area contributed by atoms with Crippen molar-refractivity contribution in [3.05, 3.63) is 120 Å². The van der Waals surface area contributed by atoms with Crippen LogP contribution in [0.4, 0.5) is 4.39 Å². The van der Waals surface area contributed by atoms with Gasteiger partial charge in [0.05, 0.1) is 24.5 Å². The molecule has 0 saturated carbocycles. The molecule has 0 bridgehead atoms. The van der Waals surface area contributed by atoms with Gasteiger partial charge in [-0.1, -0.05) is 84.9 Å². The molecule has 1 aliphatic rings. The van der Waals surface area contributed by atoms with E-state index in [0.717, 1.165) is 16.7 Å². The molecule has 0 saturated heterocycles. The first kappa shape index (κ1) is 32.6. The Morgan fingerprint density at radius 3 is 2.20 bits per heavy atom. The van der Waals surface area contributed by atoms with E-state index in [2.05, 4.69) is 5.32 Å². The average Bonchev–Trinajstić information content (AvgIpc) is 3.04. The summed E-state index contributed by atoms with van der Waals surface area (Å²) in [5.41, 5.74) is 2.76. The Hall–Kier alpha value is -4.30. The fourth-order valence-electron chi connectivity index (χ4n) is 5.39. The van der Waals surface area contributed by atoms with Gasteiger partial charge in [0.2, 0.25) is 11.8 Å². The molecule has 2 N–H and O–H groups in total. The second-order valence-corrected chi connectivity index (χ2v) is 11.3. The summed E-state index contributed by atoms with van der Waals surface area (Å²) in [6.45, 7) is 0.309. The fraction of sp³-hybridized carbons (Fsp3) is 0.361. The van der Waals surface area contributed by atoms with Crippen molar-refractivity contribution < 1.29 is 28.6 Å². The lowest BCUT2D eigenvalue weighted by atomic mass is 9.94. The molecule has 0 fully saturated rings. The van der Waals surface area contributed by atoms with Gasteiger partial charge in [0, 0.05) is 19.5 Å². The van der Waals surface area contributed by atoms with Gasteiger partial charge in [-0.15, -0.1) is 0 Å². The first-order valence-corrected chi connectivity index (χ1v) is 15.2. The van der Waals surface area contributed by atoms with Crippen molar-refractivity contribution in [1.82, 2.24) is 10.2 Å². The number of nitrogens with zero attached hydrogens (tertiary/aromatic N) is 1. The molecule has 1 heterocycles. The van der Waals surface area contributed by atoms with Crippen LogP contribution in [0.15, 0.2) is 97.1 Å². The number of halogens is 1. The third-order valence-electron chi connectivity index (χ3n) is 7.83. The number of aliphatic hydroxyl groups excluding tert-OH is 1. The minimum Gasteiger partial charge on any atom is -0.463 e. The maximum absolute atomic E-state index is 13.7. The molecule has 1 aliphatic heterocycles. The highest BCUT2D eigenvalue weighted by molar-refractivity contribution is 5.86. The summed E-state index contributed by atoms with van der Waals surface area (Å²) in [6, 6.07) is 24.8. The zero-order valence-corrected chi connectivity index (χ0v) is 24.9. The zero-order valence-electron chi connectivity index (χ0n) is 24.9. The van der Waals surface area contributed by atoms with Gasteiger partial charge in [0.15, 0.2) is 0 Å². The average molecular weight is 601 g/mol. The van der Waals surface area contributed by atoms with E-state index in [1.807, 2.05) is 72.8 Å².